The average molecular weight is 494 g/mol. The molecule has 5 rings (SSSR count). The number of fused-ring (bicyclic) bond motifs is 5. The first-order valence-electron chi connectivity index (χ1n) is 13.3. The lowest BCUT2D eigenvalue weighted by Crippen LogP contribution is -2.44. The van der Waals surface area contributed by atoms with E-state index in [9.17, 15) is 9.90 Å². The van der Waals surface area contributed by atoms with E-state index >= 15 is 0 Å². The molecule has 6 heteroatoms. The number of carbonyl (C=O) groups excluding carboxylic acids is 1. The van der Waals surface area contributed by atoms with E-state index in [4.69, 9.17) is 4.99 Å². The highest BCUT2D eigenvalue weighted by Crippen LogP contribution is 2.62. The number of nitrogens with zero attached hydrogens (tertiary/aromatic N) is 2. The predicted molar refractivity (Wildman–Crippen MR) is 143 cm³/mol. The Labute approximate surface area is 213 Å². The number of aryl methyl sites for hydroxylation is 2. The topological polar surface area (TPSA) is 74.6 Å². The van der Waals surface area contributed by atoms with Gasteiger partial charge in [0.2, 0.25) is 5.91 Å². The zero-order valence-corrected chi connectivity index (χ0v) is 22.3. The van der Waals surface area contributed by atoms with Gasteiger partial charge in [0.15, 0.2) is 5.13 Å². The summed E-state index contributed by atoms with van der Waals surface area (Å²) >= 11 is 1.53. The number of thiazole rings is 1. The van der Waals surface area contributed by atoms with E-state index < -0.39 is 0 Å². The molecule has 188 valence electrons. The minimum absolute atomic E-state index is 0.0745. The first-order valence-corrected chi connectivity index (χ1v) is 14.1. The Bertz CT molecular complexity index is 1120. The maximum absolute atomic E-state index is 12.8. The van der Waals surface area contributed by atoms with Crippen molar-refractivity contribution in [2.24, 2.45) is 34.1 Å². The number of amides is 1. The summed E-state index contributed by atoms with van der Waals surface area (Å²) in [5.41, 5.74) is 4.32. The van der Waals surface area contributed by atoms with E-state index in [1.54, 1.807) is 0 Å². The number of phenolic OH excluding ortho intramolecular Hbond substituents is 1. The van der Waals surface area contributed by atoms with Gasteiger partial charge in [-0.1, -0.05) is 26.8 Å². The van der Waals surface area contributed by atoms with Crippen LogP contribution in [-0.2, 0) is 11.2 Å². The number of benzene rings is 1. The van der Waals surface area contributed by atoms with Gasteiger partial charge in [-0.15, -0.1) is 11.3 Å². The van der Waals surface area contributed by atoms with E-state index in [0.717, 1.165) is 37.1 Å². The normalized spacial score (nSPS) is 30.7. The Morgan fingerprint density at radius 3 is 2.91 bits per heavy atom. The van der Waals surface area contributed by atoms with Crippen LogP contribution in [0.5, 0.6) is 5.75 Å². The Morgan fingerprint density at radius 2 is 2.17 bits per heavy atom. The summed E-state index contributed by atoms with van der Waals surface area (Å²) in [6, 6.07) is 6.01. The van der Waals surface area contributed by atoms with E-state index in [2.05, 4.69) is 37.1 Å². The van der Waals surface area contributed by atoms with Crippen molar-refractivity contribution in [3.8, 4) is 5.75 Å². The lowest BCUT2D eigenvalue weighted by Gasteiger charge is -2.50. The molecule has 0 saturated heterocycles. The number of hydrogen-bond acceptors (Lipinski definition) is 5. The van der Waals surface area contributed by atoms with Crippen LogP contribution in [0.1, 0.15) is 81.2 Å². The summed E-state index contributed by atoms with van der Waals surface area (Å²) in [6.07, 6.45) is 8.83. The zero-order valence-electron chi connectivity index (χ0n) is 21.5. The average Bonchev–Trinajstić information content (AvgIpc) is 3.35. The molecule has 0 bridgehead atoms. The maximum Gasteiger partial charge on any atom is 0.226 e. The molecule has 1 heterocycles. The number of aliphatic imine (C=N–C) groups is 1. The van der Waals surface area contributed by atoms with Crippen molar-refractivity contribution >= 4 is 28.1 Å². The summed E-state index contributed by atoms with van der Waals surface area (Å²) in [5.74, 6) is 3.23. The van der Waals surface area contributed by atoms with Crippen molar-refractivity contribution in [3.05, 3.63) is 40.4 Å². The van der Waals surface area contributed by atoms with Gasteiger partial charge in [-0.2, -0.15) is 0 Å². The van der Waals surface area contributed by atoms with Gasteiger partial charge in [-0.05, 0) is 98.3 Å². The largest absolute Gasteiger partial charge is 0.508 e. The molecule has 0 radical (unpaired) electrons. The number of phenols is 1. The first kappa shape index (κ1) is 24.5. The molecule has 0 spiro atoms. The Balaban J connectivity index is 1.38. The highest BCUT2D eigenvalue weighted by molar-refractivity contribution is 7.15. The van der Waals surface area contributed by atoms with Crippen LogP contribution in [0.3, 0.4) is 0 Å². The van der Waals surface area contributed by atoms with E-state index in [0.29, 0.717) is 46.9 Å². The van der Waals surface area contributed by atoms with Crippen molar-refractivity contribution in [1.82, 2.24) is 4.98 Å². The molecular formula is C29H39N3O2S. The van der Waals surface area contributed by atoms with Crippen LogP contribution in [0.25, 0.3) is 0 Å². The maximum atomic E-state index is 12.8. The number of nitrogens with one attached hydrogen (secondary N) is 1. The summed E-state index contributed by atoms with van der Waals surface area (Å²) < 4.78 is 0. The van der Waals surface area contributed by atoms with Gasteiger partial charge in [0.05, 0.1) is 0 Å². The molecule has 2 fully saturated rings. The van der Waals surface area contributed by atoms with Gasteiger partial charge in [-0.3, -0.25) is 9.79 Å². The fourth-order valence-electron chi connectivity index (χ4n) is 7.36. The van der Waals surface area contributed by atoms with Crippen molar-refractivity contribution in [2.75, 3.05) is 11.9 Å². The molecule has 3 aliphatic rings. The van der Waals surface area contributed by atoms with Gasteiger partial charge >= 0.3 is 0 Å². The van der Waals surface area contributed by atoms with Crippen molar-refractivity contribution in [2.45, 2.75) is 78.6 Å². The lowest BCUT2D eigenvalue weighted by molar-refractivity contribution is -0.116. The van der Waals surface area contributed by atoms with Crippen LogP contribution in [0.4, 0.5) is 5.13 Å². The quantitative estimate of drug-likeness (QED) is 0.467. The Kier molecular flexibility index (Phi) is 6.77. The fraction of sp³-hybridized carbons (Fsp3) is 0.621. The molecule has 5 atom stereocenters. The molecule has 1 amide bonds. The minimum atomic E-state index is 0.0745. The molecule has 35 heavy (non-hydrogen) atoms. The molecule has 2 N–H and O–H groups in total. The lowest BCUT2D eigenvalue weighted by atomic mass is 9.54. The number of rotatable bonds is 6. The third-order valence-electron chi connectivity index (χ3n) is 8.84. The van der Waals surface area contributed by atoms with Crippen molar-refractivity contribution in [1.29, 1.82) is 0 Å². The Morgan fingerprint density at radius 1 is 1.34 bits per heavy atom. The molecule has 2 aromatic rings. The van der Waals surface area contributed by atoms with Gasteiger partial charge < -0.3 is 10.4 Å². The van der Waals surface area contributed by atoms with Crippen LogP contribution < -0.4 is 5.32 Å². The van der Waals surface area contributed by atoms with E-state index in [-0.39, 0.29) is 11.3 Å². The summed E-state index contributed by atoms with van der Waals surface area (Å²) in [4.78, 5) is 23.4. The first-order chi connectivity index (χ1) is 16.7. The van der Waals surface area contributed by atoms with Crippen molar-refractivity contribution < 1.29 is 9.90 Å². The van der Waals surface area contributed by atoms with Crippen LogP contribution >= 0.6 is 11.3 Å². The highest BCUT2D eigenvalue weighted by Gasteiger charge is 2.57. The van der Waals surface area contributed by atoms with Gasteiger partial charge in [0.25, 0.3) is 0 Å². The summed E-state index contributed by atoms with van der Waals surface area (Å²) in [5, 5.41) is 13.7. The summed E-state index contributed by atoms with van der Waals surface area (Å²) in [7, 11) is 0. The monoisotopic (exact) mass is 493 g/mol. The SMILES string of the molecule is Cc1cnc(NC(=O)CCC2CC(=NCC(C)C)C3(C)CCC4c5ccc(O)cc5CCC4C23)s1. The van der Waals surface area contributed by atoms with Crippen molar-refractivity contribution in [3.63, 3.8) is 0 Å². The van der Waals surface area contributed by atoms with Crippen LogP contribution in [0.15, 0.2) is 29.4 Å². The second-order valence-corrected chi connectivity index (χ2v) is 12.9. The molecule has 1 aromatic heterocycles. The third kappa shape index (κ3) is 4.78. The predicted octanol–water partition coefficient (Wildman–Crippen LogP) is 6.76. The third-order valence-corrected chi connectivity index (χ3v) is 9.67. The number of aromatic hydroxyl groups is 1. The van der Waals surface area contributed by atoms with Crippen LogP contribution in [-0.4, -0.2) is 28.3 Å². The second kappa shape index (κ2) is 9.68. The molecule has 1 aromatic carbocycles. The molecule has 3 aliphatic carbocycles. The zero-order chi connectivity index (χ0) is 24.7. The molecule has 5 unspecified atom stereocenters. The van der Waals surface area contributed by atoms with E-state index in [1.807, 2.05) is 25.3 Å². The van der Waals surface area contributed by atoms with Gasteiger partial charge in [-0.25, -0.2) is 4.98 Å². The molecule has 5 nitrogen and oxygen atoms in total. The van der Waals surface area contributed by atoms with Gasteiger partial charge in [0.1, 0.15) is 5.75 Å². The molecular weight excluding hydrogens is 454 g/mol. The molecule has 0 aliphatic heterocycles. The van der Waals surface area contributed by atoms with Crippen LogP contribution in [0, 0.1) is 36.0 Å². The minimum Gasteiger partial charge on any atom is -0.508 e. The highest BCUT2D eigenvalue weighted by atomic mass is 32.1. The van der Waals surface area contributed by atoms with E-state index in [1.165, 1.54) is 41.0 Å². The molecule has 2 saturated carbocycles. The fourth-order valence-corrected chi connectivity index (χ4v) is 8.04. The smallest absolute Gasteiger partial charge is 0.226 e. The number of hydrogen-bond donors (Lipinski definition) is 2. The second-order valence-electron chi connectivity index (χ2n) is 11.7. The standard InChI is InChI=1S/C29H39N3O2S/c1-17(2)15-30-25-14-20(6-10-26(34)32-28-31-16-18(3)35-28)27-24-8-5-19-13-21(33)7-9-22(19)23(24)11-12-29(25,27)4/h7,9,13,16-17,20,23-24,27,33H,5-6,8,10-12,14-15H2,1-4H3,(H,31,32,34). The number of carbonyl (C=O) groups is 1. The van der Waals surface area contributed by atoms with Gasteiger partial charge in [0, 0.05) is 35.2 Å². The number of aromatic nitrogens is 1. The van der Waals surface area contributed by atoms with Crippen LogP contribution in [0.2, 0.25) is 0 Å². The Hall–Kier alpha value is -2.21. The number of anilines is 1. The summed E-state index contributed by atoms with van der Waals surface area (Å²) in [6.45, 7) is 9.85.